The van der Waals surface area contributed by atoms with Crippen molar-refractivity contribution in [1.29, 1.82) is 0 Å². The molecule has 0 aromatic carbocycles. The van der Waals surface area contributed by atoms with Crippen molar-refractivity contribution in [3.63, 3.8) is 0 Å². The van der Waals surface area contributed by atoms with Gasteiger partial charge in [0.1, 0.15) is 17.9 Å². The molecular formula is C13H18FNO4. The van der Waals surface area contributed by atoms with E-state index in [0.29, 0.717) is 0 Å². The molecule has 1 amide bonds. The first kappa shape index (κ1) is 12.7. The van der Waals surface area contributed by atoms with Gasteiger partial charge in [-0.2, -0.15) is 0 Å². The van der Waals surface area contributed by atoms with Gasteiger partial charge in [0, 0.05) is 6.54 Å². The van der Waals surface area contributed by atoms with E-state index in [0.717, 1.165) is 0 Å². The maximum atomic E-state index is 14.8. The van der Waals surface area contributed by atoms with Crippen LogP contribution in [0.3, 0.4) is 0 Å². The maximum absolute atomic E-state index is 14.8. The third-order valence-electron chi connectivity index (χ3n) is 4.41. The highest BCUT2D eigenvalue weighted by molar-refractivity contribution is 5.80. The van der Waals surface area contributed by atoms with Crippen LogP contribution in [-0.4, -0.2) is 47.9 Å². The summed E-state index contributed by atoms with van der Waals surface area (Å²) >= 11 is 0. The Labute approximate surface area is 111 Å². The number of nitrogens with zero attached hydrogens (tertiary/aromatic N) is 1. The predicted octanol–water partition coefficient (Wildman–Crippen LogP) is 1.51. The number of carbonyl (C=O) groups is 2. The minimum atomic E-state index is -1.50. The van der Waals surface area contributed by atoms with Crippen LogP contribution in [-0.2, 0) is 14.3 Å². The van der Waals surface area contributed by atoms with Gasteiger partial charge in [0.25, 0.3) is 0 Å². The Balaban J connectivity index is 1.77. The second-order valence-electron chi connectivity index (χ2n) is 6.82. The van der Waals surface area contributed by atoms with Crippen molar-refractivity contribution in [2.75, 3.05) is 19.7 Å². The number of carbonyl (C=O) groups excluding carboxylic acids is 2. The smallest absolute Gasteiger partial charge is 0.410 e. The third-order valence-corrected chi connectivity index (χ3v) is 4.41. The van der Waals surface area contributed by atoms with Crippen LogP contribution in [0.15, 0.2) is 0 Å². The van der Waals surface area contributed by atoms with Gasteiger partial charge in [-0.25, -0.2) is 9.18 Å². The van der Waals surface area contributed by atoms with Gasteiger partial charge in [0.2, 0.25) is 0 Å². The van der Waals surface area contributed by atoms with Crippen LogP contribution in [0.4, 0.5) is 9.18 Å². The zero-order chi connectivity index (χ0) is 14.1. The van der Waals surface area contributed by atoms with Gasteiger partial charge < -0.3 is 14.4 Å². The van der Waals surface area contributed by atoms with Gasteiger partial charge >= 0.3 is 12.1 Å². The van der Waals surface area contributed by atoms with Crippen LogP contribution in [0.25, 0.3) is 0 Å². The van der Waals surface area contributed by atoms with Crippen molar-refractivity contribution in [1.82, 2.24) is 4.90 Å². The predicted molar refractivity (Wildman–Crippen MR) is 63.1 cm³/mol. The molecular weight excluding hydrogens is 253 g/mol. The molecule has 3 atom stereocenters. The Morgan fingerprint density at radius 2 is 2.16 bits per heavy atom. The van der Waals surface area contributed by atoms with E-state index in [4.69, 9.17) is 9.47 Å². The number of rotatable bonds is 0. The SMILES string of the molecule is CC(C)(C)OC(=O)N1C[C@]2(F)C[C@H]3C(=O)OC[C@]32C1. The number of esters is 1. The topological polar surface area (TPSA) is 55.8 Å². The summed E-state index contributed by atoms with van der Waals surface area (Å²) < 4.78 is 25.0. The molecule has 3 aliphatic rings. The largest absolute Gasteiger partial charge is 0.465 e. The van der Waals surface area contributed by atoms with Gasteiger partial charge in [-0.3, -0.25) is 4.79 Å². The minimum Gasteiger partial charge on any atom is -0.465 e. The first-order valence-electron chi connectivity index (χ1n) is 6.50. The first-order chi connectivity index (χ1) is 8.67. The molecule has 5 nitrogen and oxygen atoms in total. The molecule has 2 saturated heterocycles. The highest BCUT2D eigenvalue weighted by atomic mass is 19.1. The van der Waals surface area contributed by atoms with Crippen LogP contribution in [0.2, 0.25) is 0 Å². The van der Waals surface area contributed by atoms with Crippen molar-refractivity contribution in [2.24, 2.45) is 11.3 Å². The maximum Gasteiger partial charge on any atom is 0.410 e. The molecule has 2 heterocycles. The van der Waals surface area contributed by atoms with E-state index in [-0.39, 0.29) is 32.1 Å². The molecule has 1 aliphatic carbocycles. The van der Waals surface area contributed by atoms with E-state index in [9.17, 15) is 14.0 Å². The number of alkyl halides is 1. The first-order valence-corrected chi connectivity index (χ1v) is 6.50. The fourth-order valence-corrected chi connectivity index (χ4v) is 3.42. The average molecular weight is 271 g/mol. The molecule has 1 spiro atoms. The Bertz CT molecular complexity index is 460. The summed E-state index contributed by atoms with van der Waals surface area (Å²) in [7, 11) is 0. The van der Waals surface area contributed by atoms with Crippen molar-refractivity contribution in [3.05, 3.63) is 0 Å². The summed E-state index contributed by atoms with van der Waals surface area (Å²) in [5, 5.41) is 0. The molecule has 0 radical (unpaired) electrons. The third kappa shape index (κ3) is 1.58. The van der Waals surface area contributed by atoms with Crippen molar-refractivity contribution < 1.29 is 23.5 Å². The van der Waals surface area contributed by atoms with Crippen molar-refractivity contribution >= 4 is 12.1 Å². The summed E-state index contributed by atoms with van der Waals surface area (Å²) in [5.74, 6) is -0.732. The highest BCUT2D eigenvalue weighted by Crippen LogP contribution is 2.64. The quantitative estimate of drug-likeness (QED) is 0.627. The summed E-state index contributed by atoms with van der Waals surface area (Å²) in [4.78, 5) is 24.9. The van der Waals surface area contributed by atoms with E-state index in [1.807, 2.05) is 0 Å². The molecule has 106 valence electrons. The Kier molecular flexibility index (Phi) is 2.27. The second-order valence-corrected chi connectivity index (χ2v) is 6.82. The van der Waals surface area contributed by atoms with Crippen LogP contribution < -0.4 is 0 Å². The standard InChI is InChI=1S/C13H18FNO4/c1-11(2,3)19-10(17)15-5-12-7-18-9(16)8(12)4-13(12,14)6-15/h8H,4-7H2,1-3H3/t8-,12+,13+/m0/s1. The molecule has 19 heavy (non-hydrogen) atoms. The van der Waals surface area contributed by atoms with E-state index < -0.39 is 28.7 Å². The van der Waals surface area contributed by atoms with Crippen molar-refractivity contribution in [2.45, 2.75) is 38.5 Å². The van der Waals surface area contributed by atoms with Crippen LogP contribution >= 0.6 is 0 Å². The summed E-state index contributed by atoms with van der Waals surface area (Å²) in [6, 6.07) is 0. The lowest BCUT2D eigenvalue weighted by Crippen LogP contribution is -2.60. The highest BCUT2D eigenvalue weighted by Gasteiger charge is 2.77. The van der Waals surface area contributed by atoms with Crippen molar-refractivity contribution in [3.8, 4) is 0 Å². The summed E-state index contributed by atoms with van der Waals surface area (Å²) in [6.07, 6.45) is -0.364. The zero-order valence-electron chi connectivity index (χ0n) is 11.4. The molecule has 0 unspecified atom stereocenters. The van der Waals surface area contributed by atoms with Gasteiger partial charge in [-0.15, -0.1) is 0 Å². The number of ether oxygens (including phenoxy) is 2. The molecule has 0 bridgehead atoms. The van der Waals surface area contributed by atoms with E-state index in [1.54, 1.807) is 20.8 Å². The minimum absolute atomic E-state index is 0.00491. The molecule has 1 saturated carbocycles. The monoisotopic (exact) mass is 271 g/mol. The molecule has 0 aromatic rings. The molecule has 3 fully saturated rings. The lowest BCUT2D eigenvalue weighted by atomic mass is 9.54. The Morgan fingerprint density at radius 3 is 2.74 bits per heavy atom. The number of cyclic esters (lactones) is 1. The summed E-state index contributed by atoms with van der Waals surface area (Å²) in [6.45, 7) is 5.58. The molecule has 0 aromatic heterocycles. The van der Waals surface area contributed by atoms with E-state index >= 15 is 0 Å². The zero-order valence-corrected chi connectivity index (χ0v) is 11.4. The van der Waals surface area contributed by atoms with E-state index in [1.165, 1.54) is 4.90 Å². The number of likely N-dealkylation sites (tertiary alicyclic amines) is 1. The molecule has 0 N–H and O–H groups in total. The average Bonchev–Trinajstić information content (AvgIpc) is 2.62. The molecule has 6 heteroatoms. The fourth-order valence-electron chi connectivity index (χ4n) is 3.42. The number of amides is 1. The number of halogens is 1. The van der Waals surface area contributed by atoms with Gasteiger partial charge in [0.05, 0.1) is 17.9 Å². The molecule has 3 rings (SSSR count). The van der Waals surface area contributed by atoms with Crippen LogP contribution in [0.1, 0.15) is 27.2 Å². The second kappa shape index (κ2) is 3.41. The fraction of sp³-hybridized carbons (Fsp3) is 0.846. The Hall–Kier alpha value is -1.33. The van der Waals surface area contributed by atoms with Crippen LogP contribution in [0, 0.1) is 11.3 Å². The Morgan fingerprint density at radius 1 is 1.47 bits per heavy atom. The van der Waals surface area contributed by atoms with E-state index in [2.05, 4.69) is 0 Å². The molecule has 2 aliphatic heterocycles. The van der Waals surface area contributed by atoms with Gasteiger partial charge in [0.15, 0.2) is 0 Å². The van der Waals surface area contributed by atoms with Gasteiger partial charge in [-0.05, 0) is 27.2 Å². The normalized spacial score (nSPS) is 40.3. The number of hydrogen-bond donors (Lipinski definition) is 0. The summed E-state index contributed by atoms with van der Waals surface area (Å²) in [5.41, 5.74) is -2.94. The lowest BCUT2D eigenvalue weighted by Gasteiger charge is -2.47. The number of hydrogen-bond acceptors (Lipinski definition) is 4. The lowest BCUT2D eigenvalue weighted by molar-refractivity contribution is -0.148. The van der Waals surface area contributed by atoms with Crippen LogP contribution in [0.5, 0.6) is 0 Å². The van der Waals surface area contributed by atoms with Gasteiger partial charge in [-0.1, -0.05) is 0 Å².